The number of rotatable bonds is 11. The molecule has 2 amide bonds. The van der Waals surface area contributed by atoms with Crippen molar-refractivity contribution in [2.24, 2.45) is 0 Å². The SMILES string of the molecule is CCC(C)NC(=O)C(CC)N(Cc1ccc(C)cc1)C(=O)CN(c1ccc(C)cc1C)S(C)(=O)=O. The Balaban J connectivity index is 2.46. The van der Waals surface area contributed by atoms with Crippen LogP contribution in [-0.2, 0) is 26.2 Å². The first kappa shape index (κ1) is 28.4. The second-order valence-electron chi connectivity index (χ2n) is 9.31. The Morgan fingerprint density at radius 2 is 1.54 bits per heavy atom. The van der Waals surface area contributed by atoms with Gasteiger partial charge < -0.3 is 10.2 Å². The van der Waals surface area contributed by atoms with Crippen LogP contribution in [0.15, 0.2) is 42.5 Å². The number of hydrogen-bond donors (Lipinski definition) is 1. The van der Waals surface area contributed by atoms with E-state index in [-0.39, 0.29) is 25.0 Å². The van der Waals surface area contributed by atoms with Gasteiger partial charge in [-0.05, 0) is 57.7 Å². The lowest BCUT2D eigenvalue weighted by atomic mass is 10.1. The Bertz CT molecular complexity index is 1130. The summed E-state index contributed by atoms with van der Waals surface area (Å²) in [5.41, 5.74) is 4.18. The summed E-state index contributed by atoms with van der Waals surface area (Å²) >= 11 is 0. The zero-order valence-electron chi connectivity index (χ0n) is 22.0. The first-order chi connectivity index (χ1) is 16.4. The van der Waals surface area contributed by atoms with Gasteiger partial charge in [-0.25, -0.2) is 8.42 Å². The Morgan fingerprint density at radius 3 is 2.06 bits per heavy atom. The molecule has 0 radical (unpaired) electrons. The fourth-order valence-corrected chi connectivity index (χ4v) is 4.84. The van der Waals surface area contributed by atoms with Gasteiger partial charge >= 0.3 is 0 Å². The summed E-state index contributed by atoms with van der Waals surface area (Å²) in [5.74, 6) is -0.665. The lowest BCUT2D eigenvalue weighted by Gasteiger charge is -2.33. The van der Waals surface area contributed by atoms with Crippen molar-refractivity contribution < 1.29 is 18.0 Å². The highest BCUT2D eigenvalue weighted by Crippen LogP contribution is 2.24. The van der Waals surface area contributed by atoms with E-state index in [2.05, 4.69) is 5.32 Å². The third kappa shape index (κ3) is 7.82. The van der Waals surface area contributed by atoms with E-state index in [1.54, 1.807) is 6.07 Å². The van der Waals surface area contributed by atoms with Crippen LogP contribution >= 0.6 is 0 Å². The summed E-state index contributed by atoms with van der Waals surface area (Å²) < 4.78 is 26.6. The van der Waals surface area contributed by atoms with E-state index >= 15 is 0 Å². The van der Waals surface area contributed by atoms with E-state index in [0.717, 1.165) is 39.2 Å². The maximum atomic E-state index is 13.7. The van der Waals surface area contributed by atoms with Crippen molar-refractivity contribution in [2.45, 2.75) is 73.0 Å². The maximum absolute atomic E-state index is 13.7. The molecule has 1 N–H and O–H groups in total. The van der Waals surface area contributed by atoms with Gasteiger partial charge in [0, 0.05) is 12.6 Å². The minimum absolute atomic E-state index is 0.0318. The normalized spacial score (nSPS) is 13.1. The highest BCUT2D eigenvalue weighted by Gasteiger charge is 2.32. The Hall–Kier alpha value is -2.87. The first-order valence-electron chi connectivity index (χ1n) is 12.1. The molecule has 0 saturated carbocycles. The largest absolute Gasteiger partial charge is 0.352 e. The second-order valence-corrected chi connectivity index (χ2v) is 11.2. The second kappa shape index (κ2) is 12.2. The molecule has 35 heavy (non-hydrogen) atoms. The molecular weight excluding hydrogens is 462 g/mol. The van der Waals surface area contributed by atoms with Crippen molar-refractivity contribution in [2.75, 3.05) is 17.1 Å². The molecule has 0 spiro atoms. The molecule has 8 heteroatoms. The minimum Gasteiger partial charge on any atom is -0.352 e. The summed E-state index contributed by atoms with van der Waals surface area (Å²) in [6.07, 6.45) is 2.27. The quantitative estimate of drug-likeness (QED) is 0.502. The lowest BCUT2D eigenvalue weighted by Crippen LogP contribution is -2.53. The zero-order valence-corrected chi connectivity index (χ0v) is 22.8. The van der Waals surface area contributed by atoms with E-state index in [1.807, 2.05) is 77.9 Å². The van der Waals surface area contributed by atoms with Crippen molar-refractivity contribution in [3.63, 3.8) is 0 Å². The molecule has 0 aliphatic rings. The van der Waals surface area contributed by atoms with Gasteiger partial charge in [0.1, 0.15) is 12.6 Å². The Kier molecular flexibility index (Phi) is 9.89. The fourth-order valence-electron chi connectivity index (χ4n) is 3.93. The van der Waals surface area contributed by atoms with Crippen molar-refractivity contribution >= 4 is 27.5 Å². The zero-order chi connectivity index (χ0) is 26.3. The minimum atomic E-state index is -3.75. The smallest absolute Gasteiger partial charge is 0.244 e. The molecule has 0 aliphatic carbocycles. The number of benzene rings is 2. The van der Waals surface area contributed by atoms with Crippen LogP contribution in [0.1, 0.15) is 55.9 Å². The standard InChI is InChI=1S/C27H39N3O4S/c1-8-22(6)28-27(32)24(9-2)29(17-23-13-10-19(3)11-14-23)26(31)18-30(35(7,33)34)25-15-12-20(4)16-21(25)5/h10-16,22,24H,8-9,17-18H2,1-7H3,(H,28,32). The molecule has 0 saturated heterocycles. The predicted molar refractivity (Wildman–Crippen MR) is 142 cm³/mol. The monoisotopic (exact) mass is 501 g/mol. The third-order valence-corrected chi connectivity index (χ3v) is 7.29. The van der Waals surface area contributed by atoms with Crippen LogP contribution in [0.2, 0.25) is 0 Å². The van der Waals surface area contributed by atoms with Gasteiger partial charge in [-0.1, -0.05) is 61.4 Å². The molecule has 2 unspecified atom stereocenters. The van der Waals surface area contributed by atoms with Crippen LogP contribution in [0.5, 0.6) is 0 Å². The molecule has 2 rings (SSSR count). The van der Waals surface area contributed by atoms with Gasteiger partial charge in [-0.15, -0.1) is 0 Å². The maximum Gasteiger partial charge on any atom is 0.244 e. The third-order valence-electron chi connectivity index (χ3n) is 6.16. The Labute approximate surface area is 210 Å². The van der Waals surface area contributed by atoms with Crippen LogP contribution < -0.4 is 9.62 Å². The number of hydrogen-bond acceptors (Lipinski definition) is 4. The highest BCUT2D eigenvalue weighted by molar-refractivity contribution is 7.92. The van der Waals surface area contributed by atoms with Crippen molar-refractivity contribution in [3.05, 3.63) is 64.7 Å². The summed E-state index contributed by atoms with van der Waals surface area (Å²) in [4.78, 5) is 28.4. The Morgan fingerprint density at radius 1 is 0.943 bits per heavy atom. The molecule has 0 bridgehead atoms. The summed E-state index contributed by atoms with van der Waals surface area (Å²) in [5, 5.41) is 2.98. The van der Waals surface area contributed by atoms with Gasteiger partial charge in [0.2, 0.25) is 21.8 Å². The number of amides is 2. The number of aryl methyl sites for hydroxylation is 3. The molecule has 2 aromatic carbocycles. The molecular formula is C27H39N3O4S. The number of sulfonamides is 1. The van der Waals surface area contributed by atoms with Crippen molar-refractivity contribution in [3.8, 4) is 0 Å². The van der Waals surface area contributed by atoms with Crippen LogP contribution in [-0.4, -0.2) is 50.0 Å². The van der Waals surface area contributed by atoms with E-state index in [0.29, 0.717) is 12.1 Å². The van der Waals surface area contributed by atoms with Gasteiger partial charge in [0.25, 0.3) is 0 Å². The predicted octanol–water partition coefficient (Wildman–Crippen LogP) is 4.10. The summed E-state index contributed by atoms with van der Waals surface area (Å²) in [6, 6.07) is 12.4. The number of nitrogens with one attached hydrogen (secondary N) is 1. The van der Waals surface area contributed by atoms with Crippen molar-refractivity contribution in [1.82, 2.24) is 10.2 Å². The van der Waals surface area contributed by atoms with Gasteiger partial charge in [-0.2, -0.15) is 0 Å². The van der Waals surface area contributed by atoms with Crippen LogP contribution in [0, 0.1) is 20.8 Å². The molecule has 2 atom stereocenters. The van der Waals surface area contributed by atoms with Crippen LogP contribution in [0.25, 0.3) is 0 Å². The number of nitrogens with zero attached hydrogens (tertiary/aromatic N) is 2. The van der Waals surface area contributed by atoms with Gasteiger partial charge in [-0.3, -0.25) is 13.9 Å². The van der Waals surface area contributed by atoms with E-state index < -0.39 is 22.0 Å². The van der Waals surface area contributed by atoms with E-state index in [1.165, 1.54) is 4.90 Å². The van der Waals surface area contributed by atoms with E-state index in [9.17, 15) is 18.0 Å². The number of carbonyl (C=O) groups excluding carboxylic acids is 2. The molecule has 0 fully saturated rings. The molecule has 192 valence electrons. The average Bonchev–Trinajstić information content (AvgIpc) is 2.78. The number of anilines is 1. The fraction of sp³-hybridized carbons (Fsp3) is 0.481. The molecule has 0 heterocycles. The van der Waals surface area contributed by atoms with Crippen LogP contribution in [0.3, 0.4) is 0 Å². The highest BCUT2D eigenvalue weighted by atomic mass is 32.2. The summed E-state index contributed by atoms with van der Waals surface area (Å²) in [6.45, 7) is 11.3. The molecule has 2 aromatic rings. The van der Waals surface area contributed by atoms with E-state index in [4.69, 9.17) is 0 Å². The first-order valence-corrected chi connectivity index (χ1v) is 13.9. The van der Waals surface area contributed by atoms with Crippen molar-refractivity contribution in [1.29, 1.82) is 0 Å². The average molecular weight is 502 g/mol. The molecule has 0 aromatic heterocycles. The van der Waals surface area contributed by atoms with Crippen LogP contribution in [0.4, 0.5) is 5.69 Å². The van der Waals surface area contributed by atoms with Gasteiger partial charge in [0.15, 0.2) is 0 Å². The lowest BCUT2D eigenvalue weighted by molar-refractivity contribution is -0.140. The van der Waals surface area contributed by atoms with Gasteiger partial charge in [0.05, 0.1) is 11.9 Å². The summed E-state index contributed by atoms with van der Waals surface area (Å²) in [7, 11) is -3.75. The molecule has 0 aliphatic heterocycles. The topological polar surface area (TPSA) is 86.8 Å². The molecule has 7 nitrogen and oxygen atoms in total. The number of carbonyl (C=O) groups is 2.